The Balaban J connectivity index is 2.40. The Bertz CT molecular complexity index is 397. The van der Waals surface area contributed by atoms with Crippen LogP contribution >= 0.6 is 0 Å². The molecule has 2 rings (SSSR count). The number of hydrogen-bond acceptors (Lipinski definition) is 1. The monoisotopic (exact) mass is 243 g/mol. The molecule has 0 unspecified atom stereocenters. The van der Waals surface area contributed by atoms with Gasteiger partial charge in [-0.15, -0.1) is 0 Å². The van der Waals surface area contributed by atoms with E-state index >= 15 is 0 Å². The van der Waals surface area contributed by atoms with Gasteiger partial charge in [0.2, 0.25) is 0 Å². The van der Waals surface area contributed by atoms with Gasteiger partial charge >= 0.3 is 0 Å². The lowest BCUT2D eigenvalue weighted by molar-refractivity contribution is -0.124. The fourth-order valence-electron chi connectivity index (χ4n) is 2.69. The summed E-state index contributed by atoms with van der Waals surface area (Å²) in [5.41, 5.74) is 4.10. The quantitative estimate of drug-likeness (QED) is 0.864. The van der Waals surface area contributed by atoms with Crippen LogP contribution < -0.4 is 5.73 Å². The zero-order valence-corrected chi connectivity index (χ0v) is 9.56. The van der Waals surface area contributed by atoms with E-state index in [0.717, 1.165) is 18.9 Å². The van der Waals surface area contributed by atoms with Crippen molar-refractivity contribution < 1.29 is 13.2 Å². The maximum atomic E-state index is 14.4. The average molecular weight is 243 g/mol. The summed E-state index contributed by atoms with van der Waals surface area (Å²) in [6.07, 6.45) is 2.35. The number of nitrogens with two attached hydrogens (primary N) is 1. The van der Waals surface area contributed by atoms with Crippen LogP contribution in [0, 0.1) is 11.2 Å². The lowest BCUT2D eigenvalue weighted by Crippen LogP contribution is -2.43. The highest BCUT2D eigenvalue weighted by Crippen LogP contribution is 2.54. The largest absolute Gasteiger partial charge is 0.330 e. The third-order valence-corrected chi connectivity index (χ3v) is 3.80. The van der Waals surface area contributed by atoms with E-state index in [9.17, 15) is 13.2 Å². The van der Waals surface area contributed by atoms with Crippen molar-refractivity contribution in [2.45, 2.75) is 31.6 Å². The Morgan fingerprint density at radius 2 is 1.88 bits per heavy atom. The lowest BCUT2D eigenvalue weighted by atomic mass is 9.76. The predicted octanol–water partition coefficient (Wildman–Crippen LogP) is 3.44. The number of hydrogen-bond donors (Lipinski definition) is 1. The van der Waals surface area contributed by atoms with Crippen LogP contribution in [0.1, 0.15) is 31.2 Å². The molecule has 1 aliphatic carbocycles. The van der Waals surface area contributed by atoms with Crippen molar-refractivity contribution in [2.75, 3.05) is 6.54 Å². The molecule has 1 aromatic rings. The second kappa shape index (κ2) is 4.33. The first-order valence-corrected chi connectivity index (χ1v) is 5.86. The van der Waals surface area contributed by atoms with Crippen LogP contribution in [0.25, 0.3) is 0 Å². The van der Waals surface area contributed by atoms with Gasteiger partial charge in [0.1, 0.15) is 5.82 Å². The van der Waals surface area contributed by atoms with E-state index < -0.39 is 17.2 Å². The number of halogens is 3. The maximum absolute atomic E-state index is 14.4. The Morgan fingerprint density at radius 1 is 1.24 bits per heavy atom. The SMILES string of the molecule is NCC1(C(F)(F)c2cccc(F)c2)CCCC1. The van der Waals surface area contributed by atoms with Crippen LogP contribution in [0.3, 0.4) is 0 Å². The van der Waals surface area contributed by atoms with Crippen molar-refractivity contribution in [3.63, 3.8) is 0 Å². The van der Waals surface area contributed by atoms with Crippen molar-refractivity contribution in [3.05, 3.63) is 35.6 Å². The van der Waals surface area contributed by atoms with E-state index in [1.54, 1.807) is 0 Å². The molecule has 17 heavy (non-hydrogen) atoms. The van der Waals surface area contributed by atoms with E-state index in [2.05, 4.69) is 0 Å². The van der Waals surface area contributed by atoms with E-state index in [1.165, 1.54) is 18.2 Å². The molecule has 94 valence electrons. The summed E-state index contributed by atoms with van der Waals surface area (Å²) >= 11 is 0. The summed E-state index contributed by atoms with van der Waals surface area (Å²) in [6, 6.07) is 4.68. The van der Waals surface area contributed by atoms with Gasteiger partial charge in [0.15, 0.2) is 0 Å². The predicted molar refractivity (Wildman–Crippen MR) is 60.2 cm³/mol. The fourth-order valence-corrected chi connectivity index (χ4v) is 2.69. The second-order valence-corrected chi connectivity index (χ2v) is 4.78. The summed E-state index contributed by atoms with van der Waals surface area (Å²) in [7, 11) is 0. The van der Waals surface area contributed by atoms with Crippen molar-refractivity contribution in [3.8, 4) is 0 Å². The van der Waals surface area contributed by atoms with Crippen LogP contribution in [0.4, 0.5) is 13.2 Å². The van der Waals surface area contributed by atoms with E-state index in [4.69, 9.17) is 5.73 Å². The molecule has 0 bridgehead atoms. The highest BCUT2D eigenvalue weighted by molar-refractivity contribution is 5.24. The fraction of sp³-hybridized carbons (Fsp3) is 0.538. The molecular weight excluding hydrogens is 227 g/mol. The first-order valence-electron chi connectivity index (χ1n) is 5.86. The van der Waals surface area contributed by atoms with Gasteiger partial charge in [0.25, 0.3) is 5.92 Å². The molecule has 0 aromatic heterocycles. The Hall–Kier alpha value is -1.03. The highest BCUT2D eigenvalue weighted by atomic mass is 19.3. The summed E-state index contributed by atoms with van der Waals surface area (Å²) in [4.78, 5) is 0. The molecule has 0 spiro atoms. The molecule has 0 aliphatic heterocycles. The van der Waals surface area contributed by atoms with Crippen molar-refractivity contribution >= 4 is 0 Å². The minimum Gasteiger partial charge on any atom is -0.330 e. The van der Waals surface area contributed by atoms with Gasteiger partial charge in [-0.25, -0.2) is 13.2 Å². The first kappa shape index (κ1) is 12.4. The highest BCUT2D eigenvalue weighted by Gasteiger charge is 2.54. The van der Waals surface area contributed by atoms with Gasteiger partial charge in [-0.05, 0) is 25.0 Å². The second-order valence-electron chi connectivity index (χ2n) is 4.78. The van der Waals surface area contributed by atoms with Crippen LogP contribution in [0.2, 0.25) is 0 Å². The number of alkyl halides is 2. The van der Waals surface area contributed by atoms with E-state index in [1.807, 2.05) is 0 Å². The molecule has 1 saturated carbocycles. The third-order valence-electron chi connectivity index (χ3n) is 3.80. The molecule has 0 heterocycles. The molecule has 0 saturated heterocycles. The average Bonchev–Trinajstić information content (AvgIpc) is 2.79. The third kappa shape index (κ3) is 1.95. The number of rotatable bonds is 3. The minimum atomic E-state index is -3.06. The Labute approximate surface area is 98.8 Å². The molecule has 0 radical (unpaired) electrons. The molecule has 1 aromatic carbocycles. The van der Waals surface area contributed by atoms with Gasteiger partial charge in [-0.1, -0.05) is 25.0 Å². The van der Waals surface area contributed by atoms with Crippen molar-refractivity contribution in [1.29, 1.82) is 0 Å². The van der Waals surface area contributed by atoms with Crippen LogP contribution in [0.15, 0.2) is 24.3 Å². The van der Waals surface area contributed by atoms with E-state index in [0.29, 0.717) is 12.8 Å². The Kier molecular flexibility index (Phi) is 3.17. The zero-order valence-electron chi connectivity index (χ0n) is 9.56. The molecule has 4 heteroatoms. The van der Waals surface area contributed by atoms with Crippen LogP contribution in [-0.4, -0.2) is 6.54 Å². The number of benzene rings is 1. The molecule has 0 amide bonds. The summed E-state index contributed by atoms with van der Waals surface area (Å²) < 4.78 is 41.9. The normalized spacial score (nSPS) is 19.5. The molecule has 1 fully saturated rings. The van der Waals surface area contributed by atoms with Crippen LogP contribution in [0.5, 0.6) is 0 Å². The maximum Gasteiger partial charge on any atom is 0.280 e. The standard InChI is InChI=1S/C13H16F3N/c14-11-5-3-4-10(8-11)13(15,16)12(9-17)6-1-2-7-12/h3-5,8H,1-2,6-7,9,17H2. The van der Waals surface area contributed by atoms with E-state index in [-0.39, 0.29) is 12.1 Å². The van der Waals surface area contributed by atoms with Crippen molar-refractivity contribution in [1.82, 2.24) is 0 Å². The Morgan fingerprint density at radius 3 is 2.41 bits per heavy atom. The zero-order chi connectivity index (χ0) is 12.5. The summed E-state index contributed by atoms with van der Waals surface area (Å²) in [6.45, 7) is -0.0590. The molecule has 0 atom stereocenters. The molecular formula is C13H16F3N. The summed E-state index contributed by atoms with van der Waals surface area (Å²) in [5, 5.41) is 0. The van der Waals surface area contributed by atoms with Gasteiger partial charge in [0, 0.05) is 12.1 Å². The summed E-state index contributed by atoms with van der Waals surface area (Å²) in [5.74, 6) is -3.69. The molecule has 1 aliphatic rings. The molecule has 1 nitrogen and oxygen atoms in total. The van der Waals surface area contributed by atoms with Crippen LogP contribution in [-0.2, 0) is 5.92 Å². The van der Waals surface area contributed by atoms with Gasteiger partial charge < -0.3 is 5.73 Å². The topological polar surface area (TPSA) is 26.0 Å². The van der Waals surface area contributed by atoms with Gasteiger partial charge in [0.05, 0.1) is 5.41 Å². The minimum absolute atomic E-state index is 0.0590. The first-order chi connectivity index (χ1) is 8.02. The van der Waals surface area contributed by atoms with Crippen molar-refractivity contribution in [2.24, 2.45) is 11.1 Å². The molecule has 2 N–H and O–H groups in total. The van der Waals surface area contributed by atoms with Gasteiger partial charge in [-0.3, -0.25) is 0 Å². The lowest BCUT2D eigenvalue weighted by Gasteiger charge is -2.36. The van der Waals surface area contributed by atoms with Gasteiger partial charge in [-0.2, -0.15) is 0 Å². The smallest absolute Gasteiger partial charge is 0.280 e.